The normalized spacial score (nSPS) is 10.5. The van der Waals surface area contributed by atoms with Crippen LogP contribution >= 0.6 is 0 Å². The van der Waals surface area contributed by atoms with Crippen LogP contribution in [0.3, 0.4) is 0 Å². The Kier molecular flexibility index (Phi) is 6.83. The molecule has 0 aliphatic rings. The maximum Gasteiger partial charge on any atom is 0.253 e. The SMILES string of the molecule is CCN(CC)C(=O)c1ccnc(-c2cc(C(=O)N(CC)CC)ccn2)c1. The number of pyridine rings is 2. The Morgan fingerprint density at radius 3 is 1.38 bits per heavy atom. The van der Waals surface area contributed by atoms with E-state index in [0.717, 1.165) is 0 Å². The molecule has 0 unspecified atom stereocenters. The van der Waals surface area contributed by atoms with E-state index in [0.29, 0.717) is 48.7 Å². The fraction of sp³-hybridized carbons (Fsp3) is 0.400. The minimum absolute atomic E-state index is 0.0333. The zero-order chi connectivity index (χ0) is 19.1. The average molecular weight is 354 g/mol. The summed E-state index contributed by atoms with van der Waals surface area (Å²) in [5.74, 6) is -0.0666. The van der Waals surface area contributed by atoms with Crippen LogP contribution in [0, 0.1) is 0 Å². The number of hydrogen-bond donors (Lipinski definition) is 0. The summed E-state index contributed by atoms with van der Waals surface area (Å²) in [6, 6.07) is 6.87. The lowest BCUT2D eigenvalue weighted by Gasteiger charge is -2.19. The number of carbonyl (C=O) groups is 2. The van der Waals surface area contributed by atoms with E-state index < -0.39 is 0 Å². The summed E-state index contributed by atoms with van der Waals surface area (Å²) in [4.78, 5) is 37.3. The highest BCUT2D eigenvalue weighted by atomic mass is 16.2. The molecule has 2 aromatic heterocycles. The summed E-state index contributed by atoms with van der Waals surface area (Å²) in [5, 5.41) is 0. The van der Waals surface area contributed by atoms with Crippen LogP contribution in [-0.2, 0) is 0 Å². The molecule has 0 fully saturated rings. The number of rotatable bonds is 7. The minimum atomic E-state index is -0.0333. The fourth-order valence-corrected chi connectivity index (χ4v) is 2.79. The summed E-state index contributed by atoms with van der Waals surface area (Å²) >= 11 is 0. The van der Waals surface area contributed by atoms with Crippen molar-refractivity contribution < 1.29 is 9.59 Å². The first-order valence-corrected chi connectivity index (χ1v) is 9.06. The molecule has 0 N–H and O–H groups in total. The van der Waals surface area contributed by atoms with Crippen molar-refractivity contribution in [2.75, 3.05) is 26.2 Å². The van der Waals surface area contributed by atoms with Crippen LogP contribution in [0.1, 0.15) is 48.4 Å². The van der Waals surface area contributed by atoms with Gasteiger partial charge in [0.05, 0.1) is 11.4 Å². The van der Waals surface area contributed by atoms with Crippen LogP contribution in [0.4, 0.5) is 0 Å². The summed E-state index contributed by atoms with van der Waals surface area (Å²) in [5.41, 5.74) is 2.30. The first-order valence-electron chi connectivity index (χ1n) is 9.06. The second-order valence-corrected chi connectivity index (χ2v) is 5.81. The number of amides is 2. The molecule has 2 amide bonds. The van der Waals surface area contributed by atoms with E-state index in [-0.39, 0.29) is 11.8 Å². The van der Waals surface area contributed by atoms with Gasteiger partial charge in [0.15, 0.2) is 0 Å². The zero-order valence-electron chi connectivity index (χ0n) is 15.9. The molecule has 0 radical (unpaired) electrons. The van der Waals surface area contributed by atoms with Gasteiger partial charge in [0, 0.05) is 49.7 Å². The van der Waals surface area contributed by atoms with Crippen molar-refractivity contribution in [1.82, 2.24) is 19.8 Å². The van der Waals surface area contributed by atoms with Crippen molar-refractivity contribution in [3.63, 3.8) is 0 Å². The molecule has 0 aliphatic heterocycles. The molecule has 138 valence electrons. The molecule has 26 heavy (non-hydrogen) atoms. The lowest BCUT2D eigenvalue weighted by atomic mass is 10.1. The van der Waals surface area contributed by atoms with Gasteiger partial charge in [-0.1, -0.05) is 0 Å². The average Bonchev–Trinajstić information content (AvgIpc) is 2.70. The Balaban J connectivity index is 2.35. The first-order chi connectivity index (χ1) is 12.5. The monoisotopic (exact) mass is 354 g/mol. The van der Waals surface area contributed by atoms with Crippen LogP contribution in [0.25, 0.3) is 11.4 Å². The highest BCUT2D eigenvalue weighted by Crippen LogP contribution is 2.18. The molecule has 0 spiro atoms. The zero-order valence-corrected chi connectivity index (χ0v) is 15.9. The molecule has 6 nitrogen and oxygen atoms in total. The summed E-state index contributed by atoms with van der Waals surface area (Å²) in [6.45, 7) is 10.4. The molecule has 2 rings (SSSR count). The molecule has 0 bridgehead atoms. The third-order valence-corrected chi connectivity index (χ3v) is 4.38. The van der Waals surface area contributed by atoms with Crippen LogP contribution in [-0.4, -0.2) is 57.8 Å². The van der Waals surface area contributed by atoms with E-state index in [2.05, 4.69) is 9.97 Å². The Bertz CT molecular complexity index is 702. The Morgan fingerprint density at radius 2 is 1.08 bits per heavy atom. The van der Waals surface area contributed by atoms with Crippen LogP contribution in [0.5, 0.6) is 0 Å². The maximum atomic E-state index is 12.5. The van der Waals surface area contributed by atoms with Gasteiger partial charge in [-0.3, -0.25) is 19.6 Å². The van der Waals surface area contributed by atoms with Gasteiger partial charge >= 0.3 is 0 Å². The van der Waals surface area contributed by atoms with Crippen molar-refractivity contribution in [3.8, 4) is 11.4 Å². The van der Waals surface area contributed by atoms with E-state index in [1.807, 2.05) is 27.7 Å². The van der Waals surface area contributed by atoms with Crippen molar-refractivity contribution in [2.45, 2.75) is 27.7 Å². The van der Waals surface area contributed by atoms with E-state index in [4.69, 9.17) is 0 Å². The lowest BCUT2D eigenvalue weighted by molar-refractivity contribution is 0.0765. The van der Waals surface area contributed by atoms with Gasteiger partial charge in [-0.2, -0.15) is 0 Å². The molecule has 0 saturated heterocycles. The fourth-order valence-electron chi connectivity index (χ4n) is 2.79. The van der Waals surface area contributed by atoms with Crippen LogP contribution < -0.4 is 0 Å². The molecule has 0 saturated carbocycles. The number of carbonyl (C=O) groups excluding carboxylic acids is 2. The maximum absolute atomic E-state index is 12.5. The Morgan fingerprint density at radius 1 is 0.731 bits per heavy atom. The van der Waals surface area contributed by atoms with Gasteiger partial charge in [0.25, 0.3) is 11.8 Å². The molecular formula is C20H26N4O2. The van der Waals surface area contributed by atoms with Gasteiger partial charge in [-0.25, -0.2) is 0 Å². The Labute approximate surface area is 154 Å². The highest BCUT2D eigenvalue weighted by Gasteiger charge is 2.16. The summed E-state index contributed by atoms with van der Waals surface area (Å²) < 4.78 is 0. The Hall–Kier alpha value is -2.76. The van der Waals surface area contributed by atoms with Gasteiger partial charge in [-0.15, -0.1) is 0 Å². The van der Waals surface area contributed by atoms with Crippen LogP contribution in [0.15, 0.2) is 36.7 Å². The molecule has 0 aromatic carbocycles. The van der Waals surface area contributed by atoms with E-state index >= 15 is 0 Å². The van der Waals surface area contributed by atoms with Gasteiger partial charge in [-0.05, 0) is 52.0 Å². The number of hydrogen-bond acceptors (Lipinski definition) is 4. The minimum Gasteiger partial charge on any atom is -0.339 e. The lowest BCUT2D eigenvalue weighted by Crippen LogP contribution is -2.30. The molecule has 2 aromatic rings. The second kappa shape index (κ2) is 9.08. The van der Waals surface area contributed by atoms with Crippen molar-refractivity contribution in [3.05, 3.63) is 47.8 Å². The van der Waals surface area contributed by atoms with Crippen molar-refractivity contribution >= 4 is 11.8 Å². The summed E-state index contributed by atoms with van der Waals surface area (Å²) in [7, 11) is 0. The largest absolute Gasteiger partial charge is 0.339 e. The molecule has 2 heterocycles. The molecule has 0 atom stereocenters. The predicted octanol–water partition coefficient (Wildman–Crippen LogP) is 3.11. The molecular weight excluding hydrogens is 328 g/mol. The standard InChI is InChI=1S/C20H26N4O2/c1-5-23(6-2)19(25)15-9-11-21-17(13-15)18-14-16(10-12-22-18)20(26)24(7-3)8-4/h9-14H,5-8H2,1-4H3. The highest BCUT2D eigenvalue weighted by molar-refractivity contribution is 5.96. The van der Waals surface area contributed by atoms with E-state index in [9.17, 15) is 9.59 Å². The van der Waals surface area contributed by atoms with E-state index in [1.54, 1.807) is 46.5 Å². The van der Waals surface area contributed by atoms with Gasteiger partial charge in [0.2, 0.25) is 0 Å². The third kappa shape index (κ3) is 4.25. The predicted molar refractivity (Wildman–Crippen MR) is 102 cm³/mol. The summed E-state index contributed by atoms with van der Waals surface area (Å²) in [6.07, 6.45) is 3.21. The topological polar surface area (TPSA) is 66.4 Å². The molecule has 6 heteroatoms. The smallest absolute Gasteiger partial charge is 0.253 e. The van der Waals surface area contributed by atoms with Crippen molar-refractivity contribution in [2.24, 2.45) is 0 Å². The first kappa shape index (κ1) is 19.6. The number of aromatic nitrogens is 2. The third-order valence-electron chi connectivity index (χ3n) is 4.38. The van der Waals surface area contributed by atoms with Crippen molar-refractivity contribution in [1.29, 1.82) is 0 Å². The quantitative estimate of drug-likeness (QED) is 0.766. The number of nitrogens with zero attached hydrogens (tertiary/aromatic N) is 4. The van der Waals surface area contributed by atoms with E-state index in [1.165, 1.54) is 0 Å². The van der Waals surface area contributed by atoms with Gasteiger partial charge < -0.3 is 9.80 Å². The second-order valence-electron chi connectivity index (χ2n) is 5.81. The van der Waals surface area contributed by atoms with Gasteiger partial charge in [0.1, 0.15) is 0 Å². The molecule has 0 aliphatic carbocycles. The van der Waals surface area contributed by atoms with Crippen LogP contribution in [0.2, 0.25) is 0 Å².